The number of ether oxygens (including phenoxy) is 1. The number of sulfonamides is 1. The Kier molecular flexibility index (Phi) is 6.71. The average molecular weight is 449 g/mol. The molecule has 156 valence electrons. The van der Waals surface area contributed by atoms with Gasteiger partial charge in [-0.3, -0.25) is 4.79 Å². The summed E-state index contributed by atoms with van der Waals surface area (Å²) in [6.07, 6.45) is 0. The maximum Gasteiger partial charge on any atom is 0.258 e. The molecule has 0 fully saturated rings. The number of halogens is 2. The lowest BCUT2D eigenvalue weighted by Gasteiger charge is -2.12. The van der Waals surface area contributed by atoms with Crippen molar-refractivity contribution < 1.29 is 22.3 Å². The minimum atomic E-state index is -4.00. The van der Waals surface area contributed by atoms with Gasteiger partial charge < -0.3 is 10.1 Å². The van der Waals surface area contributed by atoms with Crippen molar-refractivity contribution in [3.8, 4) is 5.75 Å². The van der Waals surface area contributed by atoms with E-state index in [4.69, 9.17) is 16.3 Å². The summed E-state index contributed by atoms with van der Waals surface area (Å²) in [5.74, 6) is -1.09. The molecule has 0 saturated heterocycles. The molecular weight excluding hydrogens is 431 g/mol. The van der Waals surface area contributed by atoms with Crippen LogP contribution in [-0.2, 0) is 16.6 Å². The molecule has 2 N–H and O–H groups in total. The molecule has 0 spiro atoms. The number of rotatable bonds is 7. The van der Waals surface area contributed by atoms with E-state index in [0.717, 1.165) is 18.2 Å². The molecule has 0 aliphatic rings. The summed E-state index contributed by atoms with van der Waals surface area (Å²) in [5, 5.41) is 2.99. The van der Waals surface area contributed by atoms with E-state index in [2.05, 4.69) is 10.0 Å². The Balaban J connectivity index is 1.80. The predicted molar refractivity (Wildman–Crippen MR) is 113 cm³/mol. The second kappa shape index (κ2) is 9.25. The molecule has 3 rings (SSSR count). The third kappa shape index (κ3) is 5.15. The minimum absolute atomic E-state index is 0.0317. The fourth-order valence-electron chi connectivity index (χ4n) is 2.68. The summed E-state index contributed by atoms with van der Waals surface area (Å²) < 4.78 is 47.2. The third-order valence-corrected chi connectivity index (χ3v) is 5.89. The Morgan fingerprint density at radius 3 is 2.47 bits per heavy atom. The largest absolute Gasteiger partial charge is 0.496 e. The lowest BCUT2D eigenvalue weighted by molar-refractivity contribution is 0.102. The van der Waals surface area contributed by atoms with Gasteiger partial charge in [-0.05, 0) is 48.5 Å². The standard InChI is InChI=1S/C21H18ClFN2O4S/c1-29-20-5-3-2-4-14(20)13-24-30(27,28)17-10-11-19(23)18(12-17)21(26)25-16-8-6-15(22)7-9-16/h2-12,24H,13H2,1H3,(H,25,26). The fourth-order valence-corrected chi connectivity index (χ4v) is 3.84. The van der Waals surface area contributed by atoms with Crippen LogP contribution in [0.2, 0.25) is 5.02 Å². The number of para-hydroxylation sites is 1. The highest BCUT2D eigenvalue weighted by molar-refractivity contribution is 7.89. The summed E-state index contributed by atoms with van der Waals surface area (Å²) in [7, 11) is -2.52. The number of benzene rings is 3. The normalized spacial score (nSPS) is 11.2. The Labute approximate surface area is 178 Å². The van der Waals surface area contributed by atoms with E-state index in [0.29, 0.717) is 22.0 Å². The zero-order valence-electron chi connectivity index (χ0n) is 15.9. The highest BCUT2D eigenvalue weighted by Gasteiger charge is 2.20. The number of hydrogen-bond acceptors (Lipinski definition) is 4. The number of methoxy groups -OCH3 is 1. The summed E-state index contributed by atoms with van der Waals surface area (Å²) in [6.45, 7) is -0.0317. The first kappa shape index (κ1) is 21.8. The number of amides is 1. The van der Waals surface area contributed by atoms with E-state index in [1.807, 2.05) is 0 Å². The van der Waals surface area contributed by atoms with E-state index in [-0.39, 0.29) is 11.4 Å². The number of nitrogens with one attached hydrogen (secondary N) is 2. The second-order valence-corrected chi connectivity index (χ2v) is 8.44. The summed E-state index contributed by atoms with van der Waals surface area (Å²) >= 11 is 5.80. The van der Waals surface area contributed by atoms with E-state index < -0.39 is 27.3 Å². The van der Waals surface area contributed by atoms with Crippen LogP contribution in [0.4, 0.5) is 10.1 Å². The van der Waals surface area contributed by atoms with Crippen LogP contribution in [0.25, 0.3) is 0 Å². The Bertz CT molecular complexity index is 1170. The third-order valence-electron chi connectivity index (χ3n) is 4.24. The number of anilines is 1. The SMILES string of the molecule is COc1ccccc1CNS(=O)(=O)c1ccc(F)c(C(=O)Nc2ccc(Cl)cc2)c1. The number of carbonyl (C=O) groups is 1. The molecule has 0 unspecified atom stereocenters. The number of carbonyl (C=O) groups excluding carboxylic acids is 1. The van der Waals surface area contributed by atoms with Crippen molar-refractivity contribution in [2.45, 2.75) is 11.4 Å². The van der Waals surface area contributed by atoms with Crippen molar-refractivity contribution in [1.82, 2.24) is 4.72 Å². The van der Waals surface area contributed by atoms with Crippen LogP contribution >= 0.6 is 11.6 Å². The van der Waals surface area contributed by atoms with Gasteiger partial charge >= 0.3 is 0 Å². The van der Waals surface area contributed by atoms with Gasteiger partial charge in [-0.15, -0.1) is 0 Å². The molecule has 3 aromatic carbocycles. The van der Waals surface area contributed by atoms with Gasteiger partial charge in [0.1, 0.15) is 11.6 Å². The van der Waals surface area contributed by atoms with Gasteiger partial charge in [-0.2, -0.15) is 0 Å². The average Bonchev–Trinajstić information content (AvgIpc) is 2.74. The zero-order chi connectivity index (χ0) is 21.7. The van der Waals surface area contributed by atoms with Gasteiger partial charge in [-0.25, -0.2) is 17.5 Å². The smallest absolute Gasteiger partial charge is 0.258 e. The van der Waals surface area contributed by atoms with Crippen LogP contribution < -0.4 is 14.8 Å². The molecule has 0 aliphatic carbocycles. The lowest BCUT2D eigenvalue weighted by Crippen LogP contribution is -2.24. The molecule has 0 bridgehead atoms. The van der Waals surface area contributed by atoms with Crippen molar-refractivity contribution in [2.75, 3.05) is 12.4 Å². The molecule has 0 saturated carbocycles. The molecule has 0 radical (unpaired) electrons. The zero-order valence-corrected chi connectivity index (χ0v) is 17.4. The van der Waals surface area contributed by atoms with Crippen LogP contribution in [0.15, 0.2) is 71.6 Å². The Hall–Kier alpha value is -2.94. The first-order chi connectivity index (χ1) is 14.3. The van der Waals surface area contributed by atoms with E-state index in [9.17, 15) is 17.6 Å². The first-order valence-corrected chi connectivity index (χ1v) is 10.6. The van der Waals surface area contributed by atoms with Crippen molar-refractivity contribution in [3.63, 3.8) is 0 Å². The fraction of sp³-hybridized carbons (Fsp3) is 0.0952. The molecule has 1 amide bonds. The van der Waals surface area contributed by atoms with Crippen molar-refractivity contribution >= 4 is 33.2 Å². The lowest BCUT2D eigenvalue weighted by atomic mass is 10.2. The van der Waals surface area contributed by atoms with Crippen molar-refractivity contribution in [1.29, 1.82) is 0 Å². The van der Waals surface area contributed by atoms with Crippen LogP contribution in [0.5, 0.6) is 5.75 Å². The Morgan fingerprint density at radius 2 is 1.77 bits per heavy atom. The van der Waals surface area contributed by atoms with Gasteiger partial charge in [0.05, 0.1) is 17.6 Å². The van der Waals surface area contributed by atoms with Crippen molar-refractivity contribution in [3.05, 3.63) is 88.7 Å². The minimum Gasteiger partial charge on any atom is -0.496 e. The molecule has 9 heteroatoms. The van der Waals surface area contributed by atoms with E-state index >= 15 is 0 Å². The van der Waals surface area contributed by atoms with E-state index in [1.54, 1.807) is 48.5 Å². The van der Waals surface area contributed by atoms with Gasteiger partial charge in [0.25, 0.3) is 5.91 Å². The number of hydrogen-bond donors (Lipinski definition) is 2. The van der Waals surface area contributed by atoms with Gasteiger partial charge in [0.15, 0.2) is 0 Å². The summed E-state index contributed by atoms with van der Waals surface area (Å²) in [6, 6.07) is 16.2. The molecule has 0 aliphatic heterocycles. The molecule has 0 heterocycles. The maximum absolute atomic E-state index is 14.2. The summed E-state index contributed by atoms with van der Waals surface area (Å²) in [4.78, 5) is 12.2. The first-order valence-electron chi connectivity index (χ1n) is 8.78. The van der Waals surface area contributed by atoms with Crippen molar-refractivity contribution in [2.24, 2.45) is 0 Å². The highest BCUT2D eigenvalue weighted by atomic mass is 35.5. The molecule has 3 aromatic rings. The molecule has 30 heavy (non-hydrogen) atoms. The van der Waals surface area contributed by atoms with Crippen LogP contribution in [0.3, 0.4) is 0 Å². The molecular formula is C21H18ClFN2O4S. The summed E-state index contributed by atoms with van der Waals surface area (Å²) in [5.41, 5.74) is 0.628. The van der Waals surface area contributed by atoms with Gasteiger partial charge in [0, 0.05) is 22.8 Å². The van der Waals surface area contributed by atoms with E-state index in [1.165, 1.54) is 7.11 Å². The molecule has 0 aromatic heterocycles. The second-order valence-electron chi connectivity index (χ2n) is 6.24. The molecule has 0 atom stereocenters. The van der Waals surface area contributed by atoms with Crippen LogP contribution in [0.1, 0.15) is 15.9 Å². The van der Waals surface area contributed by atoms with Gasteiger partial charge in [-0.1, -0.05) is 29.8 Å². The monoisotopic (exact) mass is 448 g/mol. The maximum atomic E-state index is 14.2. The van der Waals surface area contributed by atoms with Crippen LogP contribution in [0, 0.1) is 5.82 Å². The van der Waals surface area contributed by atoms with Crippen LogP contribution in [-0.4, -0.2) is 21.4 Å². The van der Waals surface area contributed by atoms with Gasteiger partial charge in [0.2, 0.25) is 10.0 Å². The quantitative estimate of drug-likeness (QED) is 0.566. The Morgan fingerprint density at radius 1 is 1.07 bits per heavy atom. The topological polar surface area (TPSA) is 84.5 Å². The highest BCUT2D eigenvalue weighted by Crippen LogP contribution is 2.20. The predicted octanol–water partition coefficient (Wildman–Crippen LogP) is 4.22. The molecule has 6 nitrogen and oxygen atoms in total.